The molecule has 0 aliphatic heterocycles. The summed E-state index contributed by atoms with van der Waals surface area (Å²) in [6, 6.07) is 11.2. The smallest absolute Gasteiger partial charge is 0.349 e. The molecule has 0 aromatic heterocycles. The molecular formula is C24H26N2O3. The van der Waals surface area contributed by atoms with Crippen LogP contribution in [0.15, 0.2) is 35.9 Å². The van der Waals surface area contributed by atoms with Gasteiger partial charge in [0.2, 0.25) is 5.78 Å². The van der Waals surface area contributed by atoms with E-state index in [0.717, 1.165) is 27.9 Å². The van der Waals surface area contributed by atoms with Crippen LogP contribution < -0.4 is 4.90 Å². The van der Waals surface area contributed by atoms with Crippen LogP contribution in [0.4, 0.5) is 5.69 Å². The number of nitriles is 1. The molecule has 0 spiro atoms. The van der Waals surface area contributed by atoms with Crippen molar-refractivity contribution in [3.05, 3.63) is 69.3 Å². The number of ether oxygens (including phenoxy) is 1. The van der Waals surface area contributed by atoms with E-state index in [4.69, 9.17) is 4.74 Å². The molecule has 5 heteroatoms. The fraction of sp³-hybridized carbons (Fsp3) is 0.292. The Labute approximate surface area is 172 Å². The van der Waals surface area contributed by atoms with Crippen molar-refractivity contribution >= 4 is 23.5 Å². The van der Waals surface area contributed by atoms with Crippen molar-refractivity contribution in [2.75, 3.05) is 25.6 Å². The summed E-state index contributed by atoms with van der Waals surface area (Å²) in [5.41, 5.74) is 6.03. The summed E-state index contributed by atoms with van der Waals surface area (Å²) in [6.45, 7) is 7.32. The van der Waals surface area contributed by atoms with E-state index in [0.29, 0.717) is 11.1 Å². The number of anilines is 1. The lowest BCUT2D eigenvalue weighted by atomic mass is 9.92. The van der Waals surface area contributed by atoms with Crippen molar-refractivity contribution in [3.8, 4) is 6.07 Å². The Kier molecular flexibility index (Phi) is 6.95. The van der Waals surface area contributed by atoms with Gasteiger partial charge < -0.3 is 9.64 Å². The number of benzene rings is 2. The van der Waals surface area contributed by atoms with Gasteiger partial charge in [-0.1, -0.05) is 18.2 Å². The van der Waals surface area contributed by atoms with Crippen LogP contribution in [0.1, 0.15) is 38.2 Å². The Morgan fingerprint density at radius 1 is 1.03 bits per heavy atom. The van der Waals surface area contributed by atoms with E-state index in [1.54, 1.807) is 0 Å². The van der Waals surface area contributed by atoms with E-state index < -0.39 is 12.6 Å². The summed E-state index contributed by atoms with van der Waals surface area (Å²) in [4.78, 5) is 26.9. The number of hydrogen-bond acceptors (Lipinski definition) is 5. The normalized spacial score (nSPS) is 11.0. The first-order chi connectivity index (χ1) is 13.6. The molecule has 0 radical (unpaired) electrons. The van der Waals surface area contributed by atoms with Crippen molar-refractivity contribution in [3.63, 3.8) is 0 Å². The molecule has 0 aliphatic carbocycles. The fourth-order valence-electron chi connectivity index (χ4n) is 3.17. The van der Waals surface area contributed by atoms with E-state index in [2.05, 4.69) is 0 Å². The van der Waals surface area contributed by atoms with Gasteiger partial charge in [-0.25, -0.2) is 4.79 Å². The summed E-state index contributed by atoms with van der Waals surface area (Å²) in [5, 5.41) is 9.33. The van der Waals surface area contributed by atoms with Crippen LogP contribution in [-0.2, 0) is 9.53 Å². The average molecular weight is 390 g/mol. The number of carbonyl (C=O) groups is 2. The van der Waals surface area contributed by atoms with Crippen molar-refractivity contribution in [2.24, 2.45) is 0 Å². The van der Waals surface area contributed by atoms with Gasteiger partial charge in [-0.3, -0.25) is 4.79 Å². The third-order valence-electron chi connectivity index (χ3n) is 5.03. The molecule has 0 bridgehead atoms. The molecule has 0 N–H and O–H groups in total. The fourth-order valence-corrected chi connectivity index (χ4v) is 3.17. The number of Topliss-reactive ketones (excluding diaryl/α,β-unsaturated/α-hetero) is 1. The van der Waals surface area contributed by atoms with Gasteiger partial charge >= 0.3 is 5.97 Å². The average Bonchev–Trinajstić information content (AvgIpc) is 2.68. The standard InChI is InChI=1S/C24H26N2O3/c1-15-11-16(2)23(18(4)17(15)3)22(27)14-29-24(28)20(13-25)12-19-7-9-21(10-8-19)26(5)6/h7-12H,14H2,1-6H3/b20-12+. The molecule has 0 heterocycles. The molecule has 29 heavy (non-hydrogen) atoms. The molecule has 0 fully saturated rings. The van der Waals surface area contributed by atoms with Crippen molar-refractivity contribution in [2.45, 2.75) is 27.7 Å². The van der Waals surface area contributed by atoms with E-state index in [-0.39, 0.29) is 11.4 Å². The zero-order chi connectivity index (χ0) is 21.7. The quantitative estimate of drug-likeness (QED) is 0.318. The lowest BCUT2D eigenvalue weighted by Crippen LogP contribution is -2.17. The monoisotopic (exact) mass is 390 g/mol. The molecule has 2 aromatic carbocycles. The largest absolute Gasteiger partial charge is 0.453 e. The summed E-state index contributed by atoms with van der Waals surface area (Å²) >= 11 is 0. The number of hydrogen-bond donors (Lipinski definition) is 0. The predicted molar refractivity (Wildman–Crippen MR) is 115 cm³/mol. The molecule has 5 nitrogen and oxygen atoms in total. The molecule has 0 aliphatic rings. The van der Waals surface area contributed by atoms with Crippen molar-refractivity contribution < 1.29 is 14.3 Å². The van der Waals surface area contributed by atoms with Gasteiger partial charge in [0, 0.05) is 25.3 Å². The summed E-state index contributed by atoms with van der Waals surface area (Å²) in [5.74, 6) is -1.08. The van der Waals surface area contributed by atoms with Gasteiger partial charge in [-0.2, -0.15) is 5.26 Å². The van der Waals surface area contributed by atoms with Gasteiger partial charge in [0.15, 0.2) is 6.61 Å². The molecule has 0 amide bonds. The first-order valence-electron chi connectivity index (χ1n) is 9.32. The third kappa shape index (κ3) is 5.11. The van der Waals surface area contributed by atoms with Gasteiger partial charge in [0.1, 0.15) is 11.6 Å². The van der Waals surface area contributed by atoms with E-state index in [1.165, 1.54) is 6.08 Å². The predicted octanol–water partition coefficient (Wildman–Crippen LogP) is 4.32. The third-order valence-corrected chi connectivity index (χ3v) is 5.03. The van der Waals surface area contributed by atoms with E-state index in [9.17, 15) is 14.9 Å². The summed E-state index contributed by atoms with van der Waals surface area (Å²) in [6.07, 6.45) is 1.46. The van der Waals surface area contributed by atoms with Crippen LogP contribution in [0.3, 0.4) is 0 Å². The second kappa shape index (κ2) is 9.20. The Morgan fingerprint density at radius 3 is 2.21 bits per heavy atom. The number of carbonyl (C=O) groups excluding carboxylic acids is 2. The zero-order valence-corrected chi connectivity index (χ0v) is 17.8. The lowest BCUT2D eigenvalue weighted by Gasteiger charge is -2.14. The second-order valence-corrected chi connectivity index (χ2v) is 7.29. The molecule has 2 rings (SSSR count). The molecule has 0 unspecified atom stereocenters. The van der Waals surface area contributed by atoms with Crippen molar-refractivity contribution in [1.82, 2.24) is 0 Å². The van der Waals surface area contributed by atoms with Gasteiger partial charge in [-0.15, -0.1) is 0 Å². The van der Waals surface area contributed by atoms with Crippen LogP contribution in [0.2, 0.25) is 0 Å². The maximum absolute atomic E-state index is 12.6. The van der Waals surface area contributed by atoms with Gasteiger partial charge in [-0.05, 0) is 73.7 Å². The molecule has 2 aromatic rings. The highest BCUT2D eigenvalue weighted by molar-refractivity contribution is 6.03. The second-order valence-electron chi connectivity index (χ2n) is 7.29. The van der Waals surface area contributed by atoms with E-state index >= 15 is 0 Å². The van der Waals surface area contributed by atoms with Crippen molar-refractivity contribution in [1.29, 1.82) is 5.26 Å². The molecule has 0 saturated heterocycles. The van der Waals surface area contributed by atoms with Gasteiger partial charge in [0.25, 0.3) is 0 Å². The summed E-state index contributed by atoms with van der Waals surface area (Å²) < 4.78 is 5.14. The molecular weight excluding hydrogens is 364 g/mol. The van der Waals surface area contributed by atoms with E-state index in [1.807, 2.05) is 83.1 Å². The minimum Gasteiger partial charge on any atom is -0.453 e. The van der Waals surface area contributed by atoms with Crippen LogP contribution in [0.5, 0.6) is 0 Å². The molecule has 0 saturated carbocycles. The number of ketones is 1. The minimum absolute atomic E-state index is 0.149. The van der Waals surface area contributed by atoms with Crippen LogP contribution in [0.25, 0.3) is 6.08 Å². The Bertz CT molecular complexity index is 1010. The maximum atomic E-state index is 12.6. The molecule has 150 valence electrons. The SMILES string of the molecule is Cc1cc(C)c(C(=O)COC(=O)/C(C#N)=C/c2ccc(N(C)C)cc2)c(C)c1C. The number of esters is 1. The Hall–Kier alpha value is -3.39. The van der Waals surface area contributed by atoms with Crippen LogP contribution in [0, 0.1) is 39.0 Å². The Balaban J connectivity index is 2.14. The number of aryl methyl sites for hydroxylation is 2. The number of nitrogens with zero attached hydrogens (tertiary/aromatic N) is 2. The highest BCUT2D eigenvalue weighted by Gasteiger charge is 2.18. The van der Waals surface area contributed by atoms with Gasteiger partial charge in [0.05, 0.1) is 0 Å². The highest BCUT2D eigenvalue weighted by atomic mass is 16.5. The lowest BCUT2D eigenvalue weighted by molar-refractivity contribution is -0.137. The topological polar surface area (TPSA) is 70.4 Å². The highest BCUT2D eigenvalue weighted by Crippen LogP contribution is 2.22. The van der Waals surface area contributed by atoms with Crippen LogP contribution in [-0.4, -0.2) is 32.5 Å². The first-order valence-corrected chi connectivity index (χ1v) is 9.32. The minimum atomic E-state index is -0.809. The summed E-state index contributed by atoms with van der Waals surface area (Å²) in [7, 11) is 3.86. The Morgan fingerprint density at radius 2 is 1.66 bits per heavy atom. The first kappa shape index (κ1) is 21.9. The van der Waals surface area contributed by atoms with Crippen LogP contribution >= 0.6 is 0 Å². The maximum Gasteiger partial charge on any atom is 0.349 e. The zero-order valence-electron chi connectivity index (χ0n) is 17.8. The number of rotatable bonds is 6. The molecule has 0 atom stereocenters.